The van der Waals surface area contributed by atoms with Crippen molar-refractivity contribution in [1.82, 2.24) is 0 Å². The highest BCUT2D eigenvalue weighted by molar-refractivity contribution is 6.40. The molecular weight excluding hydrogens is 486 g/mol. The first-order valence-electron chi connectivity index (χ1n) is 10.5. The molecule has 1 heterocycles. The Bertz CT molecular complexity index is 1370. The first-order chi connectivity index (χ1) is 16.5. The zero-order valence-electron chi connectivity index (χ0n) is 18.8. The standard InChI is InChI=1S/C26H18ClF4NO3/c1-4-32(3)15-7-5-13(17(27)11-15)6-8-16-10-14(9-12(2)35-16)18-25(33)19-20(26(18)34)22(29)24(31)23(30)21(19)28/h5-11H,4H2,1-3H3/b8-6+. The number of Topliss-reactive ketones (excluding diaryl/α,β-unsaturated/α-hetero) is 2. The molecular formula is C26H18ClF4NO3. The second-order valence-electron chi connectivity index (χ2n) is 7.95. The molecule has 0 N–H and O–H groups in total. The van der Waals surface area contributed by atoms with Crippen molar-refractivity contribution in [2.24, 2.45) is 0 Å². The van der Waals surface area contributed by atoms with Gasteiger partial charge in [0.05, 0.1) is 16.7 Å². The van der Waals surface area contributed by atoms with Crippen molar-refractivity contribution in [2.45, 2.75) is 13.8 Å². The zero-order valence-corrected chi connectivity index (χ0v) is 19.6. The Kier molecular flexibility index (Phi) is 6.42. The van der Waals surface area contributed by atoms with Gasteiger partial charge in [0.2, 0.25) is 11.6 Å². The lowest BCUT2D eigenvalue weighted by Crippen LogP contribution is -2.15. The van der Waals surface area contributed by atoms with Gasteiger partial charge >= 0.3 is 0 Å². The van der Waals surface area contributed by atoms with Gasteiger partial charge in [0.25, 0.3) is 0 Å². The van der Waals surface area contributed by atoms with E-state index in [-0.39, 0.29) is 17.1 Å². The number of halogens is 5. The third-order valence-corrected chi connectivity index (χ3v) is 6.05. The summed E-state index contributed by atoms with van der Waals surface area (Å²) in [5.41, 5.74) is -1.27. The van der Waals surface area contributed by atoms with Crippen molar-refractivity contribution in [3.8, 4) is 0 Å². The molecule has 1 aliphatic heterocycles. The van der Waals surface area contributed by atoms with Gasteiger partial charge in [-0.3, -0.25) is 9.59 Å². The van der Waals surface area contributed by atoms with Crippen molar-refractivity contribution < 1.29 is 31.9 Å². The predicted octanol–water partition coefficient (Wildman–Crippen LogP) is 6.56. The summed E-state index contributed by atoms with van der Waals surface area (Å²) in [5.74, 6) is -10.1. The molecule has 2 aliphatic rings. The number of carbonyl (C=O) groups excluding carboxylic acids is 2. The Morgan fingerprint density at radius 3 is 2.09 bits per heavy atom. The van der Waals surface area contributed by atoms with Crippen molar-refractivity contribution in [1.29, 1.82) is 0 Å². The van der Waals surface area contributed by atoms with Crippen LogP contribution in [0, 0.1) is 23.3 Å². The summed E-state index contributed by atoms with van der Waals surface area (Å²) in [6, 6.07) is 5.49. The van der Waals surface area contributed by atoms with E-state index < -0.39 is 51.5 Å². The molecule has 0 atom stereocenters. The van der Waals surface area contributed by atoms with E-state index in [1.54, 1.807) is 31.2 Å². The van der Waals surface area contributed by atoms with Crippen molar-refractivity contribution in [3.05, 3.63) is 104 Å². The van der Waals surface area contributed by atoms with Crippen molar-refractivity contribution in [2.75, 3.05) is 18.5 Å². The SMILES string of the molecule is CCN(C)c1ccc(/C=C/C2=CC(=C3C(=O)c4c(F)c(F)c(F)c(F)c4C3=O)C=C(C)O2)c(Cl)c1. The number of rotatable bonds is 4. The Morgan fingerprint density at radius 2 is 1.54 bits per heavy atom. The maximum absolute atomic E-state index is 14.2. The highest BCUT2D eigenvalue weighted by Gasteiger charge is 2.43. The molecule has 180 valence electrons. The number of nitrogens with zero attached hydrogens (tertiary/aromatic N) is 1. The first kappa shape index (κ1) is 24.5. The molecule has 0 bridgehead atoms. The van der Waals surface area contributed by atoms with Gasteiger partial charge in [-0.15, -0.1) is 0 Å². The minimum atomic E-state index is -2.15. The number of carbonyl (C=O) groups is 2. The van der Waals surface area contributed by atoms with Crippen molar-refractivity contribution in [3.63, 3.8) is 0 Å². The number of ketones is 2. The van der Waals surface area contributed by atoms with E-state index in [1.165, 1.54) is 12.2 Å². The van der Waals surface area contributed by atoms with Gasteiger partial charge in [-0.25, -0.2) is 17.6 Å². The van der Waals surface area contributed by atoms with E-state index in [0.29, 0.717) is 10.6 Å². The molecule has 0 saturated heterocycles. The van der Waals surface area contributed by atoms with Crippen LogP contribution in [0.15, 0.2) is 59.1 Å². The number of hydrogen-bond donors (Lipinski definition) is 0. The van der Waals surface area contributed by atoms with Gasteiger partial charge in [0.15, 0.2) is 23.3 Å². The van der Waals surface area contributed by atoms with Gasteiger partial charge in [-0.05, 0) is 61.4 Å². The molecule has 0 aromatic heterocycles. The van der Waals surface area contributed by atoms with Gasteiger partial charge in [0.1, 0.15) is 11.5 Å². The van der Waals surface area contributed by atoms with E-state index in [9.17, 15) is 27.2 Å². The number of hydrogen-bond acceptors (Lipinski definition) is 4. The Labute approximate surface area is 203 Å². The molecule has 0 spiro atoms. The number of fused-ring (bicyclic) bond motifs is 1. The van der Waals surface area contributed by atoms with Crippen LogP contribution in [0.1, 0.15) is 40.1 Å². The molecule has 35 heavy (non-hydrogen) atoms. The summed E-state index contributed by atoms with van der Waals surface area (Å²) in [7, 11) is 1.93. The van der Waals surface area contributed by atoms with Crippen LogP contribution >= 0.6 is 11.6 Å². The average Bonchev–Trinajstić information content (AvgIpc) is 3.09. The van der Waals surface area contributed by atoms with E-state index in [4.69, 9.17) is 16.3 Å². The number of allylic oxidation sites excluding steroid dienone is 6. The van der Waals surface area contributed by atoms with Crippen molar-refractivity contribution >= 4 is 34.9 Å². The van der Waals surface area contributed by atoms with E-state index >= 15 is 0 Å². The lowest BCUT2D eigenvalue weighted by Gasteiger charge is -2.17. The van der Waals surface area contributed by atoms with E-state index in [0.717, 1.165) is 12.2 Å². The molecule has 0 fully saturated rings. The fourth-order valence-corrected chi connectivity index (χ4v) is 4.04. The fourth-order valence-electron chi connectivity index (χ4n) is 3.80. The normalized spacial score (nSPS) is 15.4. The summed E-state index contributed by atoms with van der Waals surface area (Å²) in [6.07, 6.45) is 5.83. The highest BCUT2D eigenvalue weighted by atomic mass is 35.5. The number of ether oxygens (including phenoxy) is 1. The Hall–Kier alpha value is -3.65. The molecule has 9 heteroatoms. The van der Waals surface area contributed by atoms with Crippen LogP contribution in [-0.2, 0) is 4.74 Å². The minimum Gasteiger partial charge on any atom is -0.462 e. The van der Waals surface area contributed by atoms with Gasteiger partial charge < -0.3 is 9.64 Å². The molecule has 0 amide bonds. The van der Waals surface area contributed by atoms with Gasteiger partial charge in [-0.2, -0.15) is 0 Å². The fraction of sp³-hybridized carbons (Fsp3) is 0.154. The molecule has 0 saturated carbocycles. The average molecular weight is 504 g/mol. The van der Waals surface area contributed by atoms with E-state index in [1.807, 2.05) is 24.9 Å². The van der Waals surface area contributed by atoms with Crippen LogP contribution in [0.25, 0.3) is 6.08 Å². The molecule has 0 radical (unpaired) electrons. The lowest BCUT2D eigenvalue weighted by molar-refractivity contribution is 0.0985. The van der Waals surface area contributed by atoms with Crippen LogP contribution < -0.4 is 4.90 Å². The highest BCUT2D eigenvalue weighted by Crippen LogP contribution is 2.37. The van der Waals surface area contributed by atoms with Crippen LogP contribution in [0.4, 0.5) is 23.2 Å². The van der Waals surface area contributed by atoms with E-state index in [2.05, 4.69) is 0 Å². The maximum Gasteiger partial charge on any atom is 0.201 e. The topological polar surface area (TPSA) is 46.6 Å². The summed E-state index contributed by atoms with van der Waals surface area (Å²) < 4.78 is 61.5. The van der Waals surface area contributed by atoms with Gasteiger partial charge in [0, 0.05) is 24.3 Å². The molecule has 2 aromatic carbocycles. The second-order valence-corrected chi connectivity index (χ2v) is 8.36. The summed E-state index contributed by atoms with van der Waals surface area (Å²) >= 11 is 6.37. The summed E-state index contributed by atoms with van der Waals surface area (Å²) in [6.45, 7) is 4.34. The van der Waals surface area contributed by atoms with Crippen LogP contribution in [-0.4, -0.2) is 25.2 Å². The molecule has 0 unspecified atom stereocenters. The Balaban J connectivity index is 1.74. The summed E-state index contributed by atoms with van der Waals surface area (Å²) in [5, 5.41) is 0.480. The third-order valence-electron chi connectivity index (χ3n) is 5.73. The minimum absolute atomic E-state index is 0.00904. The van der Waals surface area contributed by atoms with Crippen LogP contribution in [0.2, 0.25) is 5.02 Å². The molecule has 2 aromatic rings. The molecule has 1 aliphatic carbocycles. The number of benzene rings is 2. The predicted molar refractivity (Wildman–Crippen MR) is 124 cm³/mol. The van der Waals surface area contributed by atoms with Gasteiger partial charge in [-0.1, -0.05) is 17.7 Å². The maximum atomic E-state index is 14.2. The smallest absolute Gasteiger partial charge is 0.201 e. The third kappa shape index (κ3) is 4.18. The zero-order chi connectivity index (χ0) is 25.6. The quantitative estimate of drug-likeness (QED) is 0.156. The monoisotopic (exact) mass is 503 g/mol. The molecule has 4 nitrogen and oxygen atoms in total. The Morgan fingerprint density at radius 1 is 0.943 bits per heavy atom. The summed E-state index contributed by atoms with van der Waals surface area (Å²) in [4.78, 5) is 27.6. The van der Waals surface area contributed by atoms with Crippen LogP contribution in [0.3, 0.4) is 0 Å². The number of anilines is 1. The molecule has 4 rings (SSSR count). The largest absolute Gasteiger partial charge is 0.462 e. The first-order valence-corrected chi connectivity index (χ1v) is 10.9. The lowest BCUT2D eigenvalue weighted by atomic mass is 10.0. The second kappa shape index (κ2) is 9.19. The van der Waals surface area contributed by atoms with Crippen LogP contribution in [0.5, 0.6) is 0 Å².